The SMILES string of the molecule is CCCCOC[C@@H]1OCOCC1O[C@@H](O[C@@H](COCCCC)C(CO)OC[C@H](C)OC(C)=O)[C@H](C)N. The highest BCUT2D eigenvalue weighted by atomic mass is 16.7. The van der Waals surface area contributed by atoms with Crippen molar-refractivity contribution >= 4 is 5.97 Å². The fourth-order valence-corrected chi connectivity index (χ4v) is 3.40. The van der Waals surface area contributed by atoms with Gasteiger partial charge in [0.15, 0.2) is 6.29 Å². The number of aliphatic hydroxyl groups excluding tert-OH is 1. The molecule has 7 atom stereocenters. The van der Waals surface area contributed by atoms with Crippen LogP contribution in [0.15, 0.2) is 0 Å². The van der Waals surface area contributed by atoms with Crippen LogP contribution in [0.1, 0.15) is 60.3 Å². The lowest BCUT2D eigenvalue weighted by Gasteiger charge is -2.37. The van der Waals surface area contributed by atoms with E-state index in [1.54, 1.807) is 13.8 Å². The van der Waals surface area contributed by atoms with Gasteiger partial charge >= 0.3 is 5.97 Å². The van der Waals surface area contributed by atoms with Crippen molar-refractivity contribution in [1.29, 1.82) is 0 Å². The summed E-state index contributed by atoms with van der Waals surface area (Å²) >= 11 is 0. The minimum Gasteiger partial charge on any atom is -0.460 e. The van der Waals surface area contributed by atoms with E-state index in [2.05, 4.69) is 13.8 Å². The van der Waals surface area contributed by atoms with Gasteiger partial charge in [-0.2, -0.15) is 0 Å². The predicted octanol–water partition coefficient (Wildman–Crippen LogP) is 1.77. The summed E-state index contributed by atoms with van der Waals surface area (Å²) in [5.41, 5.74) is 6.22. The molecule has 0 bridgehead atoms. The van der Waals surface area contributed by atoms with Gasteiger partial charge in [0.25, 0.3) is 0 Å². The summed E-state index contributed by atoms with van der Waals surface area (Å²) in [6.45, 7) is 11.0. The van der Waals surface area contributed by atoms with Crippen molar-refractivity contribution in [3.05, 3.63) is 0 Å². The molecule has 11 heteroatoms. The van der Waals surface area contributed by atoms with Crippen molar-refractivity contribution in [1.82, 2.24) is 0 Å². The van der Waals surface area contributed by atoms with E-state index in [0.717, 1.165) is 25.7 Å². The summed E-state index contributed by atoms with van der Waals surface area (Å²) in [6, 6.07) is -0.508. The van der Waals surface area contributed by atoms with Crippen molar-refractivity contribution in [2.45, 2.75) is 103 Å². The van der Waals surface area contributed by atoms with Crippen LogP contribution in [0.25, 0.3) is 0 Å². The van der Waals surface area contributed by atoms with Gasteiger partial charge in [-0.1, -0.05) is 26.7 Å². The van der Waals surface area contributed by atoms with Crippen LogP contribution in [0, 0.1) is 0 Å². The molecule has 3 N–H and O–H groups in total. The second kappa shape index (κ2) is 20.1. The van der Waals surface area contributed by atoms with E-state index in [4.69, 9.17) is 43.6 Å². The first-order valence-electron chi connectivity index (χ1n) is 13.1. The predicted molar refractivity (Wildman–Crippen MR) is 132 cm³/mol. The average Bonchev–Trinajstić information content (AvgIpc) is 2.84. The van der Waals surface area contributed by atoms with Crippen molar-refractivity contribution in [3.63, 3.8) is 0 Å². The molecule has 0 saturated carbocycles. The number of carbonyl (C=O) groups is 1. The van der Waals surface area contributed by atoms with Crippen molar-refractivity contribution in [3.8, 4) is 0 Å². The molecule has 1 saturated heterocycles. The summed E-state index contributed by atoms with van der Waals surface area (Å²) in [6.07, 6.45) is 0.363. The minimum absolute atomic E-state index is 0.0881. The molecule has 0 aliphatic carbocycles. The van der Waals surface area contributed by atoms with Crippen LogP contribution >= 0.6 is 0 Å². The number of esters is 1. The van der Waals surface area contributed by atoms with E-state index in [1.807, 2.05) is 0 Å². The second-order valence-corrected chi connectivity index (χ2v) is 9.10. The van der Waals surface area contributed by atoms with E-state index in [0.29, 0.717) is 26.4 Å². The molecule has 1 heterocycles. The van der Waals surface area contributed by atoms with Crippen molar-refractivity contribution in [2.24, 2.45) is 5.73 Å². The summed E-state index contributed by atoms with van der Waals surface area (Å²) in [4.78, 5) is 11.2. The van der Waals surface area contributed by atoms with Crippen LogP contribution in [0.5, 0.6) is 0 Å². The highest BCUT2D eigenvalue weighted by Gasteiger charge is 2.35. The summed E-state index contributed by atoms with van der Waals surface area (Å²) < 4.78 is 46.1. The number of unbranched alkanes of at least 4 members (excludes halogenated alkanes) is 2. The highest BCUT2D eigenvalue weighted by Crippen LogP contribution is 2.19. The van der Waals surface area contributed by atoms with E-state index in [1.165, 1.54) is 6.92 Å². The van der Waals surface area contributed by atoms with Gasteiger partial charge in [0.1, 0.15) is 37.3 Å². The van der Waals surface area contributed by atoms with E-state index < -0.39 is 42.7 Å². The Morgan fingerprint density at radius 2 is 1.78 bits per heavy atom. The van der Waals surface area contributed by atoms with Gasteiger partial charge in [0, 0.05) is 20.1 Å². The minimum atomic E-state index is -0.846. The van der Waals surface area contributed by atoms with Gasteiger partial charge < -0.3 is 48.7 Å². The van der Waals surface area contributed by atoms with E-state index in [9.17, 15) is 9.90 Å². The van der Waals surface area contributed by atoms with Gasteiger partial charge in [-0.15, -0.1) is 0 Å². The smallest absolute Gasteiger partial charge is 0.302 e. The molecule has 0 radical (unpaired) electrons. The lowest BCUT2D eigenvalue weighted by molar-refractivity contribution is -0.286. The molecule has 214 valence electrons. The molecule has 0 spiro atoms. The number of rotatable bonds is 21. The van der Waals surface area contributed by atoms with E-state index >= 15 is 0 Å². The zero-order chi connectivity index (χ0) is 26.8. The first-order chi connectivity index (χ1) is 17.3. The topological polar surface area (TPSA) is 137 Å². The largest absolute Gasteiger partial charge is 0.460 e. The third-order valence-electron chi connectivity index (χ3n) is 5.46. The molecule has 0 aromatic heterocycles. The molecule has 0 amide bonds. The highest BCUT2D eigenvalue weighted by molar-refractivity contribution is 5.66. The van der Waals surface area contributed by atoms with Crippen molar-refractivity contribution in [2.75, 3.05) is 53.0 Å². The Kier molecular flexibility index (Phi) is 18.5. The van der Waals surface area contributed by atoms with Gasteiger partial charge in [-0.3, -0.25) is 4.79 Å². The monoisotopic (exact) mass is 523 g/mol. The molecular weight excluding hydrogens is 474 g/mol. The molecule has 1 fully saturated rings. The van der Waals surface area contributed by atoms with Gasteiger partial charge in [0.2, 0.25) is 0 Å². The molecule has 0 aromatic carbocycles. The van der Waals surface area contributed by atoms with Gasteiger partial charge in [0.05, 0.1) is 39.1 Å². The third kappa shape index (κ3) is 14.2. The number of aliphatic hydroxyl groups is 1. The van der Waals surface area contributed by atoms with E-state index in [-0.39, 0.29) is 32.7 Å². The number of hydrogen-bond donors (Lipinski definition) is 2. The normalized spacial score (nSPS) is 22.5. The molecule has 1 rings (SSSR count). The molecule has 0 aromatic rings. The lowest BCUT2D eigenvalue weighted by atomic mass is 10.2. The maximum Gasteiger partial charge on any atom is 0.302 e. The number of hydrogen-bond acceptors (Lipinski definition) is 11. The Labute approximate surface area is 216 Å². The molecule has 1 aliphatic heterocycles. The Morgan fingerprint density at radius 1 is 1.08 bits per heavy atom. The zero-order valence-electron chi connectivity index (χ0n) is 22.7. The molecule has 2 unspecified atom stereocenters. The van der Waals surface area contributed by atoms with Crippen LogP contribution in [-0.2, 0) is 42.7 Å². The fraction of sp³-hybridized carbons (Fsp3) is 0.960. The second-order valence-electron chi connectivity index (χ2n) is 9.10. The quantitative estimate of drug-likeness (QED) is 0.129. The first kappa shape index (κ1) is 33.1. The fourth-order valence-electron chi connectivity index (χ4n) is 3.40. The third-order valence-corrected chi connectivity index (χ3v) is 5.46. The summed E-state index contributed by atoms with van der Waals surface area (Å²) in [5, 5.41) is 10.1. The van der Waals surface area contributed by atoms with Crippen LogP contribution in [0.3, 0.4) is 0 Å². The van der Waals surface area contributed by atoms with Gasteiger partial charge in [-0.25, -0.2) is 0 Å². The maximum atomic E-state index is 11.2. The molecule has 36 heavy (non-hydrogen) atoms. The zero-order valence-corrected chi connectivity index (χ0v) is 22.7. The Morgan fingerprint density at radius 3 is 2.39 bits per heavy atom. The Bertz CT molecular complexity index is 553. The standard InChI is InChI=1S/C25H49NO10/c1-6-8-10-29-14-22-24(16-31-17-33-22)36-25(19(4)26)35-23(15-30-11-9-7-2)21(12-27)32-13-18(3)34-20(5)28/h18-19,21-25,27H,6-17,26H2,1-5H3/t18-,19-,21?,22-,23-,24?,25+/m0/s1. The lowest BCUT2D eigenvalue weighted by Crippen LogP contribution is -2.52. The molecule has 11 nitrogen and oxygen atoms in total. The number of ether oxygens (including phenoxy) is 8. The van der Waals surface area contributed by atoms with Gasteiger partial charge in [-0.05, 0) is 26.7 Å². The van der Waals surface area contributed by atoms with Crippen LogP contribution in [0.4, 0.5) is 0 Å². The van der Waals surface area contributed by atoms with Crippen LogP contribution in [0.2, 0.25) is 0 Å². The van der Waals surface area contributed by atoms with Crippen LogP contribution < -0.4 is 5.73 Å². The summed E-state index contributed by atoms with van der Waals surface area (Å²) in [5.74, 6) is -0.405. The number of carbonyl (C=O) groups excluding carboxylic acids is 1. The average molecular weight is 524 g/mol. The first-order valence-corrected chi connectivity index (χ1v) is 13.1. The Hall–Kier alpha value is -0.890. The van der Waals surface area contributed by atoms with Crippen LogP contribution in [-0.4, -0.2) is 107 Å². The molecular formula is C25H49NO10. The number of nitrogens with two attached hydrogens (primary N) is 1. The Balaban J connectivity index is 2.84. The maximum absolute atomic E-state index is 11.2. The van der Waals surface area contributed by atoms with Crippen molar-refractivity contribution < 1.29 is 47.8 Å². The summed E-state index contributed by atoms with van der Waals surface area (Å²) in [7, 11) is 0. The molecule has 1 aliphatic rings.